The van der Waals surface area contributed by atoms with Crippen molar-refractivity contribution in [1.82, 2.24) is 5.32 Å². The van der Waals surface area contributed by atoms with Crippen molar-refractivity contribution < 1.29 is 14.3 Å². The van der Waals surface area contributed by atoms with E-state index in [1.165, 1.54) is 12.1 Å². The molecule has 0 saturated heterocycles. The number of terminal acetylenes is 1. The van der Waals surface area contributed by atoms with Gasteiger partial charge in [-0.05, 0) is 17.7 Å². The molecule has 0 aliphatic carbocycles. The monoisotopic (exact) mass is 241 g/mol. The first-order valence-electron chi connectivity index (χ1n) is 4.41. The van der Waals surface area contributed by atoms with Gasteiger partial charge in [-0.2, -0.15) is 0 Å². The van der Waals surface area contributed by atoms with E-state index < -0.39 is 17.8 Å². The summed E-state index contributed by atoms with van der Waals surface area (Å²) in [6.07, 6.45) is 5.02. The second-order valence-corrected chi connectivity index (χ2v) is 3.44. The summed E-state index contributed by atoms with van der Waals surface area (Å²) in [5.74, 6) is 0.577. The topological polar surface area (TPSA) is 49.3 Å². The van der Waals surface area contributed by atoms with Crippen molar-refractivity contribution >= 4 is 17.6 Å². The molecule has 0 heterocycles. The van der Waals surface area contributed by atoms with Crippen LogP contribution in [0.25, 0.3) is 0 Å². The molecular formula is C11H9ClFNO2. The number of rotatable bonds is 4. The summed E-state index contributed by atoms with van der Waals surface area (Å²) < 4.78 is 12.9. The molecule has 0 amide bonds. The summed E-state index contributed by atoms with van der Waals surface area (Å²) in [5, 5.41) is 11.4. The molecule has 16 heavy (non-hydrogen) atoms. The number of carbonyl (C=O) groups is 1. The van der Waals surface area contributed by atoms with Crippen LogP contribution < -0.4 is 5.32 Å². The van der Waals surface area contributed by atoms with E-state index in [1.54, 1.807) is 0 Å². The number of halogens is 2. The summed E-state index contributed by atoms with van der Waals surface area (Å²) in [7, 11) is 0. The minimum Gasteiger partial charge on any atom is -0.480 e. The minimum atomic E-state index is -1.10. The maximum absolute atomic E-state index is 12.9. The van der Waals surface area contributed by atoms with Gasteiger partial charge in [0.2, 0.25) is 0 Å². The summed E-state index contributed by atoms with van der Waals surface area (Å²) in [5.41, 5.74) is 0.356. The first-order valence-corrected chi connectivity index (χ1v) is 4.78. The molecule has 0 aliphatic rings. The van der Waals surface area contributed by atoms with E-state index >= 15 is 0 Å². The number of carboxylic acids is 1. The lowest BCUT2D eigenvalue weighted by molar-refractivity contribution is -0.139. The molecule has 1 rings (SSSR count). The molecule has 3 nitrogen and oxygen atoms in total. The van der Waals surface area contributed by atoms with Crippen molar-refractivity contribution in [3.63, 3.8) is 0 Å². The van der Waals surface area contributed by atoms with E-state index in [1.807, 2.05) is 0 Å². The van der Waals surface area contributed by atoms with Gasteiger partial charge < -0.3 is 5.11 Å². The molecule has 0 saturated carbocycles. The Morgan fingerprint density at radius 1 is 1.69 bits per heavy atom. The van der Waals surface area contributed by atoms with Crippen LogP contribution in [0.1, 0.15) is 11.6 Å². The second kappa shape index (κ2) is 5.50. The van der Waals surface area contributed by atoms with Gasteiger partial charge in [-0.3, -0.25) is 10.1 Å². The molecule has 0 aromatic heterocycles. The number of aliphatic carboxylic acids is 1. The molecule has 1 aromatic rings. The van der Waals surface area contributed by atoms with Crippen molar-refractivity contribution in [1.29, 1.82) is 0 Å². The van der Waals surface area contributed by atoms with Gasteiger partial charge in [0.05, 0.1) is 11.6 Å². The number of carboxylic acid groups (broad SMARTS) is 1. The average molecular weight is 242 g/mol. The van der Waals surface area contributed by atoms with E-state index in [-0.39, 0.29) is 11.6 Å². The van der Waals surface area contributed by atoms with Crippen molar-refractivity contribution in [2.24, 2.45) is 0 Å². The van der Waals surface area contributed by atoms with Crippen LogP contribution in [0.15, 0.2) is 18.2 Å². The fourth-order valence-corrected chi connectivity index (χ4v) is 1.39. The fraction of sp³-hybridized carbons (Fsp3) is 0.182. The first-order chi connectivity index (χ1) is 7.56. The molecular weight excluding hydrogens is 233 g/mol. The van der Waals surface area contributed by atoms with Gasteiger partial charge in [0, 0.05) is 0 Å². The Bertz CT molecular complexity index is 442. The maximum Gasteiger partial charge on any atom is 0.325 e. The standard InChI is InChI=1S/C11H9ClFNO2/c1-2-5-14-10(11(15)16)7-3-4-9(13)8(12)6-7/h1,3-4,6,10,14H,5H2,(H,15,16). The van der Waals surface area contributed by atoms with Crippen molar-refractivity contribution in [2.75, 3.05) is 6.54 Å². The van der Waals surface area contributed by atoms with Gasteiger partial charge in [-0.15, -0.1) is 6.42 Å². The van der Waals surface area contributed by atoms with E-state index in [0.29, 0.717) is 5.56 Å². The van der Waals surface area contributed by atoms with E-state index in [9.17, 15) is 9.18 Å². The van der Waals surface area contributed by atoms with Crippen molar-refractivity contribution in [3.8, 4) is 12.3 Å². The van der Waals surface area contributed by atoms with Gasteiger partial charge in [0.1, 0.15) is 11.9 Å². The third-order valence-electron chi connectivity index (χ3n) is 1.93. The molecule has 0 bridgehead atoms. The Kier molecular flexibility index (Phi) is 4.29. The number of nitrogens with one attached hydrogen (secondary N) is 1. The van der Waals surface area contributed by atoms with E-state index in [4.69, 9.17) is 23.1 Å². The van der Waals surface area contributed by atoms with Gasteiger partial charge >= 0.3 is 5.97 Å². The highest BCUT2D eigenvalue weighted by Crippen LogP contribution is 2.21. The van der Waals surface area contributed by atoms with Gasteiger partial charge in [-0.25, -0.2) is 4.39 Å². The number of hydrogen-bond donors (Lipinski definition) is 2. The summed E-state index contributed by atoms with van der Waals surface area (Å²) in [6, 6.07) is 2.74. The number of benzene rings is 1. The molecule has 1 aromatic carbocycles. The van der Waals surface area contributed by atoms with Crippen molar-refractivity contribution in [2.45, 2.75) is 6.04 Å². The second-order valence-electron chi connectivity index (χ2n) is 3.03. The molecule has 84 valence electrons. The van der Waals surface area contributed by atoms with Gasteiger partial charge in [0.15, 0.2) is 0 Å². The molecule has 0 fully saturated rings. The molecule has 5 heteroatoms. The smallest absolute Gasteiger partial charge is 0.325 e. The summed E-state index contributed by atoms with van der Waals surface area (Å²) in [4.78, 5) is 10.9. The highest BCUT2D eigenvalue weighted by molar-refractivity contribution is 6.30. The maximum atomic E-state index is 12.9. The zero-order valence-electron chi connectivity index (χ0n) is 8.21. The fourth-order valence-electron chi connectivity index (χ4n) is 1.20. The Morgan fingerprint density at radius 2 is 2.38 bits per heavy atom. The lowest BCUT2D eigenvalue weighted by Crippen LogP contribution is -2.28. The lowest BCUT2D eigenvalue weighted by Gasteiger charge is -2.13. The molecule has 0 aliphatic heterocycles. The normalized spacial score (nSPS) is 11.8. The van der Waals surface area contributed by atoms with Gasteiger partial charge in [0.25, 0.3) is 0 Å². The zero-order chi connectivity index (χ0) is 12.1. The van der Waals surface area contributed by atoms with Crippen LogP contribution in [-0.4, -0.2) is 17.6 Å². The Labute approximate surface area is 97.2 Å². The summed E-state index contributed by atoms with van der Waals surface area (Å²) >= 11 is 5.56. The van der Waals surface area contributed by atoms with Crippen LogP contribution in [0.4, 0.5) is 4.39 Å². The third kappa shape index (κ3) is 2.96. The van der Waals surface area contributed by atoms with Crippen LogP contribution >= 0.6 is 11.6 Å². The highest BCUT2D eigenvalue weighted by atomic mass is 35.5. The molecule has 0 radical (unpaired) electrons. The third-order valence-corrected chi connectivity index (χ3v) is 2.22. The Morgan fingerprint density at radius 3 is 2.88 bits per heavy atom. The molecule has 1 unspecified atom stereocenters. The zero-order valence-corrected chi connectivity index (χ0v) is 8.96. The molecule has 0 spiro atoms. The van der Waals surface area contributed by atoms with Crippen LogP contribution in [0, 0.1) is 18.2 Å². The van der Waals surface area contributed by atoms with Gasteiger partial charge in [-0.1, -0.05) is 23.6 Å². The first kappa shape index (κ1) is 12.5. The SMILES string of the molecule is C#CCNC(C(=O)O)c1ccc(F)c(Cl)c1. The quantitative estimate of drug-likeness (QED) is 0.791. The predicted molar refractivity (Wildman–Crippen MR) is 58.6 cm³/mol. The van der Waals surface area contributed by atoms with Crippen molar-refractivity contribution in [3.05, 3.63) is 34.6 Å². The molecule has 2 N–H and O–H groups in total. The molecule has 1 atom stereocenters. The summed E-state index contributed by atoms with van der Waals surface area (Å²) in [6.45, 7) is 0.103. The predicted octanol–water partition coefficient (Wildman–Crippen LogP) is 1.83. The Hall–Kier alpha value is -1.57. The van der Waals surface area contributed by atoms with E-state index in [0.717, 1.165) is 6.07 Å². The minimum absolute atomic E-state index is 0.103. The van der Waals surface area contributed by atoms with E-state index in [2.05, 4.69) is 11.2 Å². The highest BCUT2D eigenvalue weighted by Gasteiger charge is 2.19. The van der Waals surface area contributed by atoms with Crippen LogP contribution in [0.2, 0.25) is 5.02 Å². The largest absolute Gasteiger partial charge is 0.480 e. The van der Waals surface area contributed by atoms with Crippen LogP contribution in [-0.2, 0) is 4.79 Å². The van der Waals surface area contributed by atoms with Crippen LogP contribution in [0.5, 0.6) is 0 Å². The lowest BCUT2D eigenvalue weighted by atomic mass is 10.1. The van der Waals surface area contributed by atoms with Crippen LogP contribution in [0.3, 0.4) is 0 Å². The Balaban J connectivity index is 2.97. The number of hydrogen-bond acceptors (Lipinski definition) is 2. The average Bonchev–Trinajstić information content (AvgIpc) is 2.23.